The third-order valence-corrected chi connectivity index (χ3v) is 2.44. The zero-order valence-electron chi connectivity index (χ0n) is 6.49. The summed E-state index contributed by atoms with van der Waals surface area (Å²) in [7, 11) is 0. The quantitative estimate of drug-likeness (QED) is 0.710. The maximum Gasteiger partial charge on any atom is 0.124 e. The molecule has 2 rings (SSSR count). The lowest BCUT2D eigenvalue weighted by molar-refractivity contribution is 0.628. The molecule has 0 atom stereocenters. The highest BCUT2D eigenvalue weighted by atomic mass is 127. The molecule has 12 heavy (non-hydrogen) atoms. The molecular weight excluding hydrogens is 268 g/mol. The van der Waals surface area contributed by atoms with Crippen LogP contribution in [0.15, 0.2) is 18.2 Å². The van der Waals surface area contributed by atoms with Gasteiger partial charge in [-0.3, -0.25) is 0 Å². The van der Waals surface area contributed by atoms with Crippen molar-refractivity contribution in [3.8, 4) is 0 Å². The summed E-state index contributed by atoms with van der Waals surface area (Å²) in [4.78, 5) is 3.17. The molecule has 0 aliphatic rings. The van der Waals surface area contributed by atoms with Gasteiger partial charge in [-0.05, 0) is 53.3 Å². The minimum Gasteiger partial charge on any atom is -0.350 e. The van der Waals surface area contributed by atoms with Crippen molar-refractivity contribution in [2.75, 3.05) is 0 Å². The zero-order valence-corrected chi connectivity index (χ0v) is 8.65. The van der Waals surface area contributed by atoms with Gasteiger partial charge in [0.25, 0.3) is 0 Å². The molecule has 0 aliphatic heterocycles. The third kappa shape index (κ3) is 1.22. The zero-order chi connectivity index (χ0) is 8.72. The van der Waals surface area contributed by atoms with Crippen LogP contribution < -0.4 is 0 Å². The van der Waals surface area contributed by atoms with Crippen LogP contribution in [0.5, 0.6) is 0 Å². The van der Waals surface area contributed by atoms with E-state index in [0.29, 0.717) is 0 Å². The fourth-order valence-electron chi connectivity index (χ4n) is 1.35. The van der Waals surface area contributed by atoms with Crippen LogP contribution in [-0.4, -0.2) is 4.98 Å². The number of halogens is 2. The molecule has 2 aromatic rings. The van der Waals surface area contributed by atoms with E-state index in [0.717, 1.165) is 20.2 Å². The van der Waals surface area contributed by atoms with Crippen LogP contribution in [0.25, 0.3) is 10.9 Å². The van der Waals surface area contributed by atoms with Gasteiger partial charge in [-0.25, -0.2) is 4.39 Å². The van der Waals surface area contributed by atoms with Crippen molar-refractivity contribution in [3.63, 3.8) is 0 Å². The minimum atomic E-state index is -0.171. The minimum absolute atomic E-state index is 0.171. The highest BCUT2D eigenvalue weighted by molar-refractivity contribution is 14.1. The summed E-state index contributed by atoms with van der Waals surface area (Å²) >= 11 is 2.18. The number of benzene rings is 1. The lowest BCUT2D eigenvalue weighted by atomic mass is 10.2. The van der Waals surface area contributed by atoms with Crippen molar-refractivity contribution < 1.29 is 4.39 Å². The Bertz CT molecular complexity index is 433. The maximum absolute atomic E-state index is 12.9. The molecule has 1 aromatic heterocycles. The second-order valence-electron chi connectivity index (χ2n) is 2.80. The summed E-state index contributed by atoms with van der Waals surface area (Å²) in [5.41, 5.74) is 1.98. The Morgan fingerprint density at radius 3 is 2.83 bits per heavy atom. The predicted octanol–water partition coefficient (Wildman–Crippen LogP) is 3.22. The number of nitrogens with one attached hydrogen (secondary N) is 1. The number of hydrogen-bond acceptors (Lipinski definition) is 0. The van der Waals surface area contributed by atoms with Crippen LogP contribution >= 0.6 is 22.6 Å². The summed E-state index contributed by atoms with van der Waals surface area (Å²) in [6.07, 6.45) is 0. The fraction of sp³-hybridized carbons (Fsp3) is 0.111. The van der Waals surface area contributed by atoms with Gasteiger partial charge < -0.3 is 4.98 Å². The number of rotatable bonds is 0. The van der Waals surface area contributed by atoms with E-state index in [4.69, 9.17) is 0 Å². The Morgan fingerprint density at radius 2 is 2.08 bits per heavy atom. The predicted molar refractivity (Wildman–Crippen MR) is 55.7 cm³/mol. The highest BCUT2D eigenvalue weighted by Crippen LogP contribution is 2.21. The number of aryl methyl sites for hydroxylation is 1. The molecule has 0 amide bonds. The molecule has 0 bridgehead atoms. The lowest BCUT2D eigenvalue weighted by Crippen LogP contribution is -1.79. The van der Waals surface area contributed by atoms with Gasteiger partial charge in [0, 0.05) is 10.9 Å². The molecule has 0 radical (unpaired) electrons. The van der Waals surface area contributed by atoms with E-state index in [2.05, 4.69) is 27.6 Å². The first-order valence-electron chi connectivity index (χ1n) is 3.61. The standard InChI is InChI=1S/C9H7FIN/c1-5-2-7(10)3-6-4-8(11)12-9(5)6/h2-4,12H,1H3. The molecule has 1 aromatic carbocycles. The molecule has 0 spiro atoms. The molecule has 1 nitrogen and oxygen atoms in total. The van der Waals surface area contributed by atoms with E-state index in [9.17, 15) is 4.39 Å². The van der Waals surface area contributed by atoms with Gasteiger partial charge in [-0.15, -0.1) is 0 Å². The van der Waals surface area contributed by atoms with Gasteiger partial charge in [-0.1, -0.05) is 0 Å². The summed E-state index contributed by atoms with van der Waals surface area (Å²) in [5, 5.41) is 0.942. The van der Waals surface area contributed by atoms with Gasteiger partial charge in [0.05, 0.1) is 3.70 Å². The van der Waals surface area contributed by atoms with Crippen LogP contribution in [-0.2, 0) is 0 Å². The van der Waals surface area contributed by atoms with Crippen LogP contribution in [0.2, 0.25) is 0 Å². The molecular formula is C9H7FIN. The molecule has 3 heteroatoms. The van der Waals surface area contributed by atoms with Gasteiger partial charge in [0.15, 0.2) is 0 Å². The van der Waals surface area contributed by atoms with E-state index in [1.165, 1.54) is 6.07 Å². The maximum atomic E-state index is 12.9. The molecule has 0 saturated heterocycles. The normalized spacial score (nSPS) is 10.9. The van der Waals surface area contributed by atoms with Crippen molar-refractivity contribution in [1.82, 2.24) is 4.98 Å². The van der Waals surface area contributed by atoms with Gasteiger partial charge >= 0.3 is 0 Å². The molecule has 1 N–H and O–H groups in total. The smallest absolute Gasteiger partial charge is 0.124 e. The molecule has 0 unspecified atom stereocenters. The number of fused-ring (bicyclic) bond motifs is 1. The van der Waals surface area contributed by atoms with Crippen molar-refractivity contribution in [1.29, 1.82) is 0 Å². The van der Waals surface area contributed by atoms with Crippen LogP contribution in [0.3, 0.4) is 0 Å². The molecule has 0 aliphatic carbocycles. The molecule has 1 heterocycles. The van der Waals surface area contributed by atoms with E-state index in [-0.39, 0.29) is 5.82 Å². The second kappa shape index (κ2) is 2.73. The summed E-state index contributed by atoms with van der Waals surface area (Å²) in [6, 6.07) is 5.02. The topological polar surface area (TPSA) is 15.8 Å². The lowest BCUT2D eigenvalue weighted by Gasteiger charge is -1.95. The average molecular weight is 275 g/mol. The van der Waals surface area contributed by atoms with Crippen LogP contribution in [0.4, 0.5) is 4.39 Å². The Labute approximate surface area is 83.1 Å². The average Bonchev–Trinajstić information content (AvgIpc) is 2.29. The number of aromatic amines is 1. The van der Waals surface area contributed by atoms with E-state index in [1.807, 2.05) is 13.0 Å². The van der Waals surface area contributed by atoms with Crippen molar-refractivity contribution in [2.24, 2.45) is 0 Å². The first-order chi connectivity index (χ1) is 5.66. The number of hydrogen-bond donors (Lipinski definition) is 1. The second-order valence-corrected chi connectivity index (χ2v) is 3.97. The first kappa shape index (κ1) is 8.04. The molecule has 62 valence electrons. The monoisotopic (exact) mass is 275 g/mol. The van der Waals surface area contributed by atoms with Crippen molar-refractivity contribution in [2.45, 2.75) is 6.92 Å². The van der Waals surface area contributed by atoms with Gasteiger partial charge in [0.1, 0.15) is 5.82 Å². The number of H-pyrrole nitrogens is 1. The largest absolute Gasteiger partial charge is 0.350 e. The van der Waals surface area contributed by atoms with E-state index >= 15 is 0 Å². The van der Waals surface area contributed by atoms with E-state index < -0.39 is 0 Å². The highest BCUT2D eigenvalue weighted by Gasteiger charge is 2.02. The molecule has 0 fully saturated rings. The SMILES string of the molecule is Cc1cc(F)cc2cc(I)[nH]c12. The molecule has 0 saturated carbocycles. The Balaban J connectivity index is 2.88. The number of aromatic nitrogens is 1. The summed E-state index contributed by atoms with van der Waals surface area (Å²) in [6.45, 7) is 1.90. The van der Waals surface area contributed by atoms with Crippen LogP contribution in [0, 0.1) is 16.4 Å². The Morgan fingerprint density at radius 1 is 1.33 bits per heavy atom. The Kier molecular flexibility index (Phi) is 1.83. The third-order valence-electron chi connectivity index (χ3n) is 1.86. The summed E-state index contributed by atoms with van der Waals surface area (Å²) in [5.74, 6) is -0.171. The van der Waals surface area contributed by atoms with E-state index in [1.54, 1.807) is 6.07 Å². The first-order valence-corrected chi connectivity index (χ1v) is 4.69. The van der Waals surface area contributed by atoms with Gasteiger partial charge in [-0.2, -0.15) is 0 Å². The summed E-state index contributed by atoms with van der Waals surface area (Å²) < 4.78 is 13.9. The fourth-order valence-corrected chi connectivity index (χ4v) is 1.95. The van der Waals surface area contributed by atoms with Crippen LogP contribution in [0.1, 0.15) is 5.56 Å². The van der Waals surface area contributed by atoms with Crippen molar-refractivity contribution >= 4 is 33.5 Å². The Hall–Kier alpha value is -0.580. The van der Waals surface area contributed by atoms with Crippen molar-refractivity contribution in [3.05, 3.63) is 33.3 Å². The van der Waals surface area contributed by atoms with Gasteiger partial charge in [0.2, 0.25) is 0 Å².